The Hall–Kier alpha value is -3.10. The smallest absolute Gasteiger partial charge is 0.408 e. The van der Waals surface area contributed by atoms with Crippen LogP contribution >= 0.6 is 0 Å². The van der Waals surface area contributed by atoms with Crippen LogP contribution in [0.15, 0.2) is 54.6 Å². The molecule has 0 saturated heterocycles. The normalized spacial score (nSPS) is 12.5. The van der Waals surface area contributed by atoms with Crippen molar-refractivity contribution in [1.82, 2.24) is 10.6 Å². The van der Waals surface area contributed by atoms with Gasteiger partial charge in [-0.05, 0) is 42.6 Å². The summed E-state index contributed by atoms with van der Waals surface area (Å²) in [5.41, 5.74) is 7.12. The van der Waals surface area contributed by atoms with Gasteiger partial charge < -0.3 is 30.9 Å². The molecular weight excluding hydrogens is 386 g/mol. The van der Waals surface area contributed by atoms with E-state index in [-0.39, 0.29) is 13.2 Å². The second kappa shape index (κ2) is 12.5. The molecule has 8 heteroatoms. The summed E-state index contributed by atoms with van der Waals surface area (Å²) in [7, 11) is 1.56. The number of ether oxygens (including phenoxy) is 2. The minimum Gasteiger partial charge on any atom is -0.497 e. The Labute approximate surface area is 176 Å². The van der Waals surface area contributed by atoms with E-state index in [1.165, 1.54) is 0 Å². The molecular formula is C22H29N3O5. The molecule has 0 aliphatic carbocycles. The first-order valence-electron chi connectivity index (χ1n) is 9.79. The summed E-state index contributed by atoms with van der Waals surface area (Å²) < 4.78 is 10.3. The van der Waals surface area contributed by atoms with E-state index in [0.29, 0.717) is 25.1 Å². The Kier molecular flexibility index (Phi) is 9.63. The third-order valence-corrected chi connectivity index (χ3v) is 4.54. The van der Waals surface area contributed by atoms with Crippen molar-refractivity contribution in [3.8, 4) is 5.75 Å². The number of alkyl carbamates (subject to hydrolysis) is 1. The number of aliphatic hydroxyl groups is 1. The average molecular weight is 415 g/mol. The summed E-state index contributed by atoms with van der Waals surface area (Å²) in [5.74, 6) is 0.250. The van der Waals surface area contributed by atoms with Gasteiger partial charge in [0.15, 0.2) is 0 Å². The zero-order valence-electron chi connectivity index (χ0n) is 17.0. The van der Waals surface area contributed by atoms with Gasteiger partial charge in [0.05, 0.1) is 19.8 Å². The van der Waals surface area contributed by atoms with Crippen molar-refractivity contribution in [3.63, 3.8) is 0 Å². The highest BCUT2D eigenvalue weighted by molar-refractivity contribution is 5.85. The highest BCUT2D eigenvalue weighted by Gasteiger charge is 2.24. The Balaban J connectivity index is 1.97. The summed E-state index contributed by atoms with van der Waals surface area (Å²) >= 11 is 0. The van der Waals surface area contributed by atoms with Crippen LogP contribution in [0.4, 0.5) is 4.79 Å². The lowest BCUT2D eigenvalue weighted by molar-refractivity contribution is -0.124. The van der Waals surface area contributed by atoms with Gasteiger partial charge in [-0.25, -0.2) is 4.79 Å². The van der Waals surface area contributed by atoms with Gasteiger partial charge >= 0.3 is 6.09 Å². The van der Waals surface area contributed by atoms with Gasteiger partial charge in [0.25, 0.3) is 0 Å². The number of methoxy groups -OCH3 is 1. The first kappa shape index (κ1) is 23.2. The number of carbonyl (C=O) groups is 2. The molecule has 2 atom stereocenters. The molecule has 0 fully saturated rings. The van der Waals surface area contributed by atoms with Crippen molar-refractivity contribution in [3.05, 3.63) is 65.7 Å². The average Bonchev–Trinajstić information content (AvgIpc) is 2.79. The fourth-order valence-electron chi connectivity index (χ4n) is 2.84. The maximum Gasteiger partial charge on any atom is 0.408 e. The van der Waals surface area contributed by atoms with E-state index in [1.807, 2.05) is 30.3 Å². The summed E-state index contributed by atoms with van der Waals surface area (Å²) in [6, 6.07) is 14.8. The number of amides is 2. The highest BCUT2D eigenvalue weighted by atomic mass is 16.5. The molecule has 0 spiro atoms. The molecule has 0 bridgehead atoms. The van der Waals surface area contributed by atoms with E-state index in [1.54, 1.807) is 31.4 Å². The molecule has 0 aliphatic rings. The number of benzene rings is 2. The lowest BCUT2D eigenvalue weighted by Crippen LogP contribution is -2.48. The molecule has 0 radical (unpaired) electrons. The van der Waals surface area contributed by atoms with Crippen LogP contribution in [0, 0.1) is 0 Å². The van der Waals surface area contributed by atoms with Crippen LogP contribution in [-0.4, -0.2) is 43.4 Å². The van der Waals surface area contributed by atoms with Gasteiger partial charge in [0, 0.05) is 0 Å². The molecule has 0 heterocycles. The number of hydrogen-bond donors (Lipinski definition) is 4. The van der Waals surface area contributed by atoms with Gasteiger partial charge in [-0.15, -0.1) is 0 Å². The number of hydrogen-bond acceptors (Lipinski definition) is 6. The van der Waals surface area contributed by atoms with E-state index >= 15 is 0 Å². The molecule has 0 aliphatic heterocycles. The van der Waals surface area contributed by atoms with E-state index in [0.717, 1.165) is 11.1 Å². The molecule has 162 valence electrons. The predicted molar refractivity (Wildman–Crippen MR) is 113 cm³/mol. The monoisotopic (exact) mass is 415 g/mol. The van der Waals surface area contributed by atoms with Gasteiger partial charge in [-0.2, -0.15) is 0 Å². The fraction of sp³-hybridized carbons (Fsp3) is 0.364. The third kappa shape index (κ3) is 7.38. The SMILES string of the molecule is COc1ccc(C(CO)NC(=O)[C@@H](CCCN)NC(=O)OCc2ccccc2)cc1. The first-order chi connectivity index (χ1) is 14.6. The third-order valence-electron chi connectivity index (χ3n) is 4.54. The molecule has 0 aromatic heterocycles. The summed E-state index contributed by atoms with van der Waals surface area (Å²) in [6.45, 7) is 0.190. The van der Waals surface area contributed by atoms with Crippen LogP contribution in [0.3, 0.4) is 0 Å². The summed E-state index contributed by atoms with van der Waals surface area (Å²) in [5, 5.41) is 15.1. The van der Waals surface area contributed by atoms with Crippen LogP contribution in [0.5, 0.6) is 5.75 Å². The second-order valence-corrected chi connectivity index (χ2v) is 6.71. The largest absolute Gasteiger partial charge is 0.497 e. The summed E-state index contributed by atoms with van der Waals surface area (Å²) in [4.78, 5) is 24.9. The summed E-state index contributed by atoms with van der Waals surface area (Å²) in [6.07, 6.45) is 0.202. The number of nitrogens with one attached hydrogen (secondary N) is 2. The molecule has 8 nitrogen and oxygen atoms in total. The number of nitrogens with two attached hydrogens (primary N) is 1. The molecule has 2 aromatic carbocycles. The van der Waals surface area contributed by atoms with Gasteiger partial charge in [-0.3, -0.25) is 4.79 Å². The van der Waals surface area contributed by atoms with Crippen molar-refractivity contribution in [1.29, 1.82) is 0 Å². The van der Waals surface area contributed by atoms with Crippen molar-refractivity contribution < 1.29 is 24.2 Å². The van der Waals surface area contributed by atoms with E-state index in [2.05, 4.69) is 10.6 Å². The zero-order chi connectivity index (χ0) is 21.8. The number of carbonyl (C=O) groups excluding carboxylic acids is 2. The van der Waals surface area contributed by atoms with E-state index in [4.69, 9.17) is 15.2 Å². The van der Waals surface area contributed by atoms with Crippen molar-refractivity contribution in [2.45, 2.75) is 31.5 Å². The molecule has 1 unspecified atom stereocenters. The Morgan fingerprint density at radius 1 is 1.07 bits per heavy atom. The number of rotatable bonds is 11. The van der Waals surface area contributed by atoms with Gasteiger partial charge in [0.1, 0.15) is 18.4 Å². The van der Waals surface area contributed by atoms with E-state index in [9.17, 15) is 14.7 Å². The topological polar surface area (TPSA) is 123 Å². The van der Waals surface area contributed by atoms with Crippen LogP contribution < -0.4 is 21.1 Å². The van der Waals surface area contributed by atoms with Crippen molar-refractivity contribution in [2.24, 2.45) is 5.73 Å². The lowest BCUT2D eigenvalue weighted by Gasteiger charge is -2.22. The minimum absolute atomic E-state index is 0.100. The van der Waals surface area contributed by atoms with Crippen LogP contribution in [0.1, 0.15) is 30.0 Å². The Bertz CT molecular complexity index is 783. The van der Waals surface area contributed by atoms with Crippen molar-refractivity contribution in [2.75, 3.05) is 20.3 Å². The molecule has 2 rings (SSSR count). The minimum atomic E-state index is -0.830. The van der Waals surface area contributed by atoms with Gasteiger partial charge in [-0.1, -0.05) is 42.5 Å². The molecule has 2 amide bonds. The van der Waals surface area contributed by atoms with E-state index < -0.39 is 24.1 Å². The number of aliphatic hydroxyl groups excluding tert-OH is 1. The Morgan fingerprint density at radius 3 is 2.37 bits per heavy atom. The molecule has 5 N–H and O–H groups in total. The molecule has 0 saturated carbocycles. The molecule has 2 aromatic rings. The zero-order valence-corrected chi connectivity index (χ0v) is 17.0. The van der Waals surface area contributed by atoms with Crippen LogP contribution in [0.2, 0.25) is 0 Å². The van der Waals surface area contributed by atoms with Crippen molar-refractivity contribution >= 4 is 12.0 Å². The highest BCUT2D eigenvalue weighted by Crippen LogP contribution is 2.18. The maximum atomic E-state index is 12.8. The van der Waals surface area contributed by atoms with Crippen LogP contribution in [-0.2, 0) is 16.1 Å². The van der Waals surface area contributed by atoms with Crippen LogP contribution in [0.25, 0.3) is 0 Å². The maximum absolute atomic E-state index is 12.8. The lowest BCUT2D eigenvalue weighted by atomic mass is 10.1. The fourth-order valence-corrected chi connectivity index (χ4v) is 2.84. The quantitative estimate of drug-likeness (QED) is 0.444. The Morgan fingerprint density at radius 2 is 1.77 bits per heavy atom. The predicted octanol–water partition coefficient (Wildman–Crippen LogP) is 1.88. The second-order valence-electron chi connectivity index (χ2n) is 6.71. The standard InChI is InChI=1S/C22H29N3O5/c1-29-18-11-9-17(10-12-18)20(14-26)24-21(27)19(8-5-13-23)25-22(28)30-15-16-6-3-2-4-7-16/h2-4,6-7,9-12,19-20,26H,5,8,13-15,23H2,1H3,(H,24,27)(H,25,28)/t19-,20?/m1/s1. The van der Waals surface area contributed by atoms with Gasteiger partial charge in [0.2, 0.25) is 5.91 Å². The first-order valence-corrected chi connectivity index (χ1v) is 9.79. The molecule has 30 heavy (non-hydrogen) atoms.